The number of hydrogen-bond acceptors (Lipinski definition) is 6. The molecule has 6 nitrogen and oxygen atoms in total. The molecular formula is C7H7LiO6S2. The molecule has 0 aliphatic carbocycles. The van der Waals surface area contributed by atoms with Gasteiger partial charge in [0.15, 0.2) is 0 Å². The van der Waals surface area contributed by atoms with E-state index >= 15 is 0 Å². The molecule has 16 heavy (non-hydrogen) atoms. The first-order chi connectivity index (χ1) is 6.77. The van der Waals surface area contributed by atoms with Crippen LogP contribution in [0.4, 0.5) is 0 Å². The monoisotopic (exact) mass is 258 g/mol. The van der Waals surface area contributed by atoms with Crippen LogP contribution in [0.15, 0.2) is 34.1 Å². The van der Waals surface area contributed by atoms with Crippen LogP contribution in [0.25, 0.3) is 0 Å². The molecule has 0 radical (unpaired) electrons. The van der Waals surface area contributed by atoms with E-state index in [0.29, 0.717) is 0 Å². The molecule has 0 bridgehead atoms. The molecule has 0 fully saturated rings. The molecule has 0 aliphatic heterocycles. The Balaban J connectivity index is 0.00000225. The van der Waals surface area contributed by atoms with Gasteiger partial charge < -0.3 is 4.55 Å². The smallest absolute Gasteiger partial charge is 0.744 e. The van der Waals surface area contributed by atoms with Gasteiger partial charge in [0.05, 0.1) is 16.9 Å². The average Bonchev–Trinajstić information content (AvgIpc) is 2.17. The van der Waals surface area contributed by atoms with Crippen molar-refractivity contribution in [2.45, 2.75) is 9.79 Å². The Morgan fingerprint density at radius 1 is 1.00 bits per heavy atom. The minimum absolute atomic E-state index is 0. The molecule has 1 aromatic carbocycles. The number of hydrogen-bond donors (Lipinski definition) is 0. The van der Waals surface area contributed by atoms with E-state index in [2.05, 4.69) is 4.18 Å². The third-order valence-corrected chi connectivity index (χ3v) is 3.76. The Hall–Kier alpha value is -0.363. The summed E-state index contributed by atoms with van der Waals surface area (Å²) < 4.78 is 58.0. The van der Waals surface area contributed by atoms with Gasteiger partial charge in [-0.25, -0.2) is 8.42 Å². The molecule has 84 valence electrons. The molecule has 0 amide bonds. The Labute approximate surface area is 106 Å². The summed E-state index contributed by atoms with van der Waals surface area (Å²) in [5.41, 5.74) is 0. The molecule has 0 aliphatic rings. The summed E-state index contributed by atoms with van der Waals surface area (Å²) >= 11 is 0. The van der Waals surface area contributed by atoms with Crippen molar-refractivity contribution in [3.63, 3.8) is 0 Å². The first-order valence-electron chi connectivity index (χ1n) is 3.64. The predicted molar refractivity (Wildman–Crippen MR) is 48.6 cm³/mol. The second kappa shape index (κ2) is 5.31. The molecule has 9 heteroatoms. The van der Waals surface area contributed by atoms with Gasteiger partial charge >= 0.3 is 18.9 Å². The van der Waals surface area contributed by atoms with E-state index in [1.54, 1.807) is 0 Å². The average molecular weight is 258 g/mol. The van der Waals surface area contributed by atoms with Crippen LogP contribution >= 0.6 is 0 Å². The van der Waals surface area contributed by atoms with Gasteiger partial charge in [-0.3, -0.25) is 4.18 Å². The van der Waals surface area contributed by atoms with Crippen molar-refractivity contribution in [3.8, 4) is 0 Å². The molecular weight excluding hydrogens is 251 g/mol. The fourth-order valence-electron chi connectivity index (χ4n) is 0.869. The summed E-state index contributed by atoms with van der Waals surface area (Å²) in [4.78, 5) is -0.699. The van der Waals surface area contributed by atoms with E-state index in [-0.39, 0.29) is 23.8 Å². The van der Waals surface area contributed by atoms with E-state index in [9.17, 15) is 21.4 Å². The molecule has 0 saturated heterocycles. The zero-order valence-electron chi connectivity index (χ0n) is 8.58. The number of benzene rings is 1. The minimum atomic E-state index is -4.56. The third-order valence-electron chi connectivity index (χ3n) is 1.62. The fraction of sp³-hybridized carbons (Fsp3) is 0.143. The summed E-state index contributed by atoms with van der Waals surface area (Å²) in [6.07, 6.45) is 0. The minimum Gasteiger partial charge on any atom is -0.744 e. The Bertz CT molecular complexity index is 545. The largest absolute Gasteiger partial charge is 1.00 e. The van der Waals surface area contributed by atoms with Crippen LogP contribution in [0.2, 0.25) is 0 Å². The Kier molecular flexibility index (Phi) is 5.19. The first kappa shape index (κ1) is 15.6. The van der Waals surface area contributed by atoms with Gasteiger partial charge in [-0.2, -0.15) is 8.42 Å². The van der Waals surface area contributed by atoms with Crippen molar-refractivity contribution in [3.05, 3.63) is 24.3 Å². The SMILES string of the molecule is COS(=O)(=O)c1ccc(S(=O)(=O)[O-])cc1.[Li+]. The van der Waals surface area contributed by atoms with E-state index in [1.165, 1.54) is 0 Å². The van der Waals surface area contributed by atoms with Gasteiger partial charge in [-0.05, 0) is 24.3 Å². The molecule has 0 aromatic heterocycles. The molecule has 0 unspecified atom stereocenters. The maximum absolute atomic E-state index is 11.1. The van der Waals surface area contributed by atoms with Crippen molar-refractivity contribution in [2.24, 2.45) is 0 Å². The van der Waals surface area contributed by atoms with Gasteiger partial charge in [0.1, 0.15) is 10.1 Å². The summed E-state index contributed by atoms with van der Waals surface area (Å²) in [6.45, 7) is 0. The predicted octanol–water partition coefficient (Wildman–Crippen LogP) is -3.07. The maximum atomic E-state index is 11.1. The molecule has 1 rings (SSSR count). The van der Waals surface area contributed by atoms with Crippen LogP contribution < -0.4 is 18.9 Å². The second-order valence-corrected chi connectivity index (χ2v) is 5.64. The van der Waals surface area contributed by atoms with E-state index in [0.717, 1.165) is 31.4 Å². The van der Waals surface area contributed by atoms with Crippen LogP contribution in [0.5, 0.6) is 0 Å². The van der Waals surface area contributed by atoms with Crippen LogP contribution in [-0.2, 0) is 24.4 Å². The fourth-order valence-corrected chi connectivity index (χ4v) is 2.00. The molecule has 1 aromatic rings. The van der Waals surface area contributed by atoms with Gasteiger partial charge in [0.25, 0.3) is 10.1 Å². The molecule has 0 N–H and O–H groups in total. The Morgan fingerprint density at radius 2 is 1.38 bits per heavy atom. The quantitative estimate of drug-likeness (QED) is 0.324. The van der Waals surface area contributed by atoms with Crippen molar-refractivity contribution < 1.29 is 44.4 Å². The summed E-state index contributed by atoms with van der Waals surface area (Å²) in [5, 5.41) is 0. The van der Waals surface area contributed by atoms with Gasteiger partial charge in [0.2, 0.25) is 0 Å². The van der Waals surface area contributed by atoms with Crippen molar-refractivity contribution in [1.29, 1.82) is 0 Å². The van der Waals surface area contributed by atoms with E-state index < -0.39 is 25.1 Å². The van der Waals surface area contributed by atoms with Crippen molar-refractivity contribution in [1.82, 2.24) is 0 Å². The van der Waals surface area contributed by atoms with Crippen molar-refractivity contribution >= 4 is 20.2 Å². The maximum Gasteiger partial charge on any atom is 1.00 e. The third kappa shape index (κ3) is 3.59. The van der Waals surface area contributed by atoms with Gasteiger partial charge in [0, 0.05) is 0 Å². The van der Waals surface area contributed by atoms with Crippen LogP contribution in [0, 0.1) is 0 Å². The molecule has 0 atom stereocenters. The standard InChI is InChI=1S/C7H8O6S2.Li/c1-13-15(11,12)7-4-2-6(3-5-7)14(8,9)10;/h2-5H,1H3,(H,8,9,10);/q;+1/p-1. The molecule has 0 heterocycles. The number of rotatable bonds is 3. The van der Waals surface area contributed by atoms with Crippen LogP contribution in [-0.4, -0.2) is 28.5 Å². The zero-order valence-corrected chi connectivity index (χ0v) is 10.2. The van der Waals surface area contributed by atoms with Gasteiger partial charge in [-0.15, -0.1) is 0 Å². The summed E-state index contributed by atoms with van der Waals surface area (Å²) in [7, 11) is -7.43. The van der Waals surface area contributed by atoms with Crippen LogP contribution in [0.1, 0.15) is 0 Å². The second-order valence-electron chi connectivity index (χ2n) is 2.55. The van der Waals surface area contributed by atoms with E-state index in [4.69, 9.17) is 0 Å². The topological polar surface area (TPSA) is 101 Å². The van der Waals surface area contributed by atoms with Gasteiger partial charge in [-0.1, -0.05) is 0 Å². The zero-order chi connectivity index (χ0) is 11.7. The molecule has 0 saturated carbocycles. The summed E-state index contributed by atoms with van der Waals surface area (Å²) in [6, 6.07) is 3.80. The first-order valence-corrected chi connectivity index (χ1v) is 6.45. The summed E-state index contributed by atoms with van der Waals surface area (Å²) in [5.74, 6) is 0. The normalized spacial score (nSPS) is 11.9. The van der Waals surface area contributed by atoms with Crippen molar-refractivity contribution in [2.75, 3.05) is 7.11 Å². The van der Waals surface area contributed by atoms with E-state index in [1.807, 2.05) is 0 Å². The van der Waals surface area contributed by atoms with Crippen LogP contribution in [0.3, 0.4) is 0 Å². The Morgan fingerprint density at radius 3 is 1.69 bits per heavy atom. The molecule has 0 spiro atoms.